The van der Waals surface area contributed by atoms with Crippen molar-refractivity contribution in [2.45, 2.75) is 0 Å². The Bertz CT molecular complexity index is 2910. The minimum Gasteiger partial charge on any atom is -0.252 e. The van der Waals surface area contributed by atoms with E-state index in [0.717, 1.165) is 88.6 Å². The molecule has 3 aromatic heterocycles. The van der Waals surface area contributed by atoms with Gasteiger partial charge in [0.2, 0.25) is 0 Å². The first-order valence-electron chi connectivity index (χ1n) is 17.9. The van der Waals surface area contributed by atoms with Gasteiger partial charge in [-0.1, -0.05) is 152 Å². The largest absolute Gasteiger partial charge is 0.252 e. The Morgan fingerprint density at radius 1 is 0.333 bits per heavy atom. The molecule has 7 aromatic carbocycles. The van der Waals surface area contributed by atoms with Crippen molar-refractivity contribution in [2.24, 2.45) is 0 Å². The van der Waals surface area contributed by atoms with Gasteiger partial charge in [-0.05, 0) is 34.0 Å². The molecule has 0 N–H and O–H groups in total. The van der Waals surface area contributed by atoms with E-state index in [0.29, 0.717) is 11.6 Å². The Balaban J connectivity index is 1.16. The quantitative estimate of drug-likeness (QED) is 0.162. The van der Waals surface area contributed by atoms with E-state index in [1.165, 1.54) is 0 Å². The Morgan fingerprint density at radius 3 is 1.50 bits per heavy atom. The topological polar surface area (TPSA) is 77.3 Å². The summed E-state index contributed by atoms with van der Waals surface area (Å²) in [6.45, 7) is 0. The Labute approximate surface area is 311 Å². The number of rotatable bonds is 6. The highest BCUT2D eigenvalue weighted by Gasteiger charge is 2.22. The molecule has 0 saturated carbocycles. The molecule has 0 fully saturated rings. The molecule has 0 aliphatic rings. The summed E-state index contributed by atoms with van der Waals surface area (Å²) in [5, 5.41) is 2.93. The van der Waals surface area contributed by atoms with Gasteiger partial charge in [0.15, 0.2) is 11.6 Å². The lowest BCUT2D eigenvalue weighted by molar-refractivity contribution is 1.18. The van der Waals surface area contributed by atoms with Crippen molar-refractivity contribution in [3.05, 3.63) is 182 Å². The van der Waals surface area contributed by atoms with Crippen LogP contribution < -0.4 is 0 Å². The van der Waals surface area contributed by atoms with E-state index in [4.69, 9.17) is 29.9 Å². The Hall–Kier alpha value is -7.44. The summed E-state index contributed by atoms with van der Waals surface area (Å²) < 4.78 is 0. The standard InChI is InChI=1S/C48H30N6/c1-5-14-31(15-6-1)40-29-41(32-16-7-2-8-17-32)53-47(52-40)36-24-25-37-35(28-36)22-13-23-38(37)48-51-30-39-44(54-48)42(33-18-9-3-10-19-33)43(34-20-11-4-12-21-34)46-45(39)49-26-27-50-46/h1-30H. The van der Waals surface area contributed by atoms with Crippen LogP contribution >= 0.6 is 0 Å². The smallest absolute Gasteiger partial charge is 0.160 e. The maximum absolute atomic E-state index is 5.38. The third-order valence-corrected chi connectivity index (χ3v) is 9.84. The fourth-order valence-corrected chi connectivity index (χ4v) is 7.31. The van der Waals surface area contributed by atoms with Crippen molar-refractivity contribution in [2.75, 3.05) is 0 Å². The van der Waals surface area contributed by atoms with Crippen LogP contribution in [0.5, 0.6) is 0 Å². The number of aromatic nitrogens is 6. The van der Waals surface area contributed by atoms with E-state index >= 15 is 0 Å². The summed E-state index contributed by atoms with van der Waals surface area (Å²) in [6, 6.07) is 56.0. The normalized spacial score (nSPS) is 11.3. The molecule has 10 rings (SSSR count). The van der Waals surface area contributed by atoms with Crippen molar-refractivity contribution in [1.82, 2.24) is 29.9 Å². The summed E-state index contributed by atoms with van der Waals surface area (Å²) in [7, 11) is 0. The first-order valence-corrected chi connectivity index (χ1v) is 17.9. The van der Waals surface area contributed by atoms with Gasteiger partial charge in [-0.25, -0.2) is 19.9 Å². The van der Waals surface area contributed by atoms with E-state index in [1.807, 2.05) is 54.7 Å². The zero-order valence-electron chi connectivity index (χ0n) is 29.0. The molecular weight excluding hydrogens is 661 g/mol. The maximum atomic E-state index is 5.38. The molecule has 0 aliphatic heterocycles. The number of hydrogen-bond donors (Lipinski definition) is 0. The first kappa shape index (κ1) is 31.3. The molecule has 0 amide bonds. The second kappa shape index (κ2) is 13.3. The van der Waals surface area contributed by atoms with Gasteiger partial charge in [0.05, 0.1) is 22.4 Å². The molecule has 0 atom stereocenters. The molecule has 0 spiro atoms. The Morgan fingerprint density at radius 2 is 0.889 bits per heavy atom. The van der Waals surface area contributed by atoms with Crippen LogP contribution in [0.15, 0.2) is 182 Å². The van der Waals surface area contributed by atoms with Gasteiger partial charge < -0.3 is 0 Å². The fraction of sp³-hybridized carbons (Fsp3) is 0. The molecule has 6 heteroatoms. The van der Waals surface area contributed by atoms with Crippen molar-refractivity contribution in [3.8, 4) is 67.5 Å². The van der Waals surface area contributed by atoms with Crippen molar-refractivity contribution < 1.29 is 0 Å². The van der Waals surface area contributed by atoms with Crippen LogP contribution in [0.1, 0.15) is 0 Å². The highest BCUT2D eigenvalue weighted by molar-refractivity contribution is 6.18. The van der Waals surface area contributed by atoms with Crippen LogP contribution in [0.25, 0.3) is 100 Å². The molecule has 10 aromatic rings. The maximum Gasteiger partial charge on any atom is 0.160 e. The van der Waals surface area contributed by atoms with Crippen LogP contribution in [0.4, 0.5) is 0 Å². The van der Waals surface area contributed by atoms with Gasteiger partial charge in [-0.15, -0.1) is 0 Å². The molecule has 0 saturated heterocycles. The summed E-state index contributed by atoms with van der Waals surface area (Å²) in [4.78, 5) is 30.2. The summed E-state index contributed by atoms with van der Waals surface area (Å²) >= 11 is 0. The zero-order chi connectivity index (χ0) is 35.8. The Kier molecular flexibility index (Phi) is 7.69. The van der Waals surface area contributed by atoms with Gasteiger partial charge in [0.25, 0.3) is 0 Å². The number of fused-ring (bicyclic) bond motifs is 4. The summed E-state index contributed by atoms with van der Waals surface area (Å²) in [5.41, 5.74) is 12.2. The van der Waals surface area contributed by atoms with Gasteiger partial charge >= 0.3 is 0 Å². The van der Waals surface area contributed by atoms with Crippen molar-refractivity contribution in [1.29, 1.82) is 0 Å². The lowest BCUT2D eigenvalue weighted by Gasteiger charge is -2.17. The monoisotopic (exact) mass is 690 g/mol. The van der Waals surface area contributed by atoms with Crippen LogP contribution in [-0.2, 0) is 0 Å². The summed E-state index contributed by atoms with van der Waals surface area (Å²) in [5.74, 6) is 1.30. The van der Waals surface area contributed by atoms with Gasteiger partial charge in [-0.2, -0.15) is 0 Å². The van der Waals surface area contributed by atoms with E-state index in [2.05, 4.69) is 115 Å². The van der Waals surface area contributed by atoms with Crippen molar-refractivity contribution >= 4 is 32.7 Å². The van der Waals surface area contributed by atoms with E-state index in [-0.39, 0.29) is 0 Å². The van der Waals surface area contributed by atoms with Crippen molar-refractivity contribution in [3.63, 3.8) is 0 Å². The average molecular weight is 691 g/mol. The molecule has 54 heavy (non-hydrogen) atoms. The highest BCUT2D eigenvalue weighted by Crippen LogP contribution is 2.43. The van der Waals surface area contributed by atoms with Gasteiger partial charge in [0, 0.05) is 57.4 Å². The predicted octanol–water partition coefficient (Wildman–Crippen LogP) is 11.5. The predicted molar refractivity (Wildman–Crippen MR) is 218 cm³/mol. The SMILES string of the molecule is c1ccc(-c2cc(-c3ccccc3)nc(-c3ccc4c(-c5ncc6c(n5)c(-c5ccccc5)c(-c5ccccc5)c5nccnc56)cccc4c3)n2)cc1. The molecule has 3 heterocycles. The zero-order valence-corrected chi connectivity index (χ0v) is 29.0. The van der Waals surface area contributed by atoms with Crippen LogP contribution in [-0.4, -0.2) is 29.9 Å². The highest BCUT2D eigenvalue weighted by atomic mass is 14.9. The lowest BCUT2D eigenvalue weighted by Crippen LogP contribution is -1.99. The third-order valence-electron chi connectivity index (χ3n) is 9.84. The van der Waals surface area contributed by atoms with E-state index in [1.54, 1.807) is 12.4 Å². The number of benzene rings is 7. The minimum absolute atomic E-state index is 0.633. The second-order valence-electron chi connectivity index (χ2n) is 13.1. The molecule has 0 aliphatic carbocycles. The minimum atomic E-state index is 0.633. The molecule has 0 bridgehead atoms. The third kappa shape index (κ3) is 5.54. The summed E-state index contributed by atoms with van der Waals surface area (Å²) in [6.07, 6.45) is 5.38. The first-order chi connectivity index (χ1) is 26.8. The number of nitrogens with zero attached hydrogens (tertiary/aromatic N) is 6. The van der Waals surface area contributed by atoms with Gasteiger partial charge in [0.1, 0.15) is 5.52 Å². The average Bonchev–Trinajstić information content (AvgIpc) is 3.26. The second-order valence-corrected chi connectivity index (χ2v) is 13.1. The number of hydrogen-bond acceptors (Lipinski definition) is 6. The molecular formula is C48H30N6. The van der Waals surface area contributed by atoms with E-state index in [9.17, 15) is 0 Å². The molecule has 0 unspecified atom stereocenters. The molecule has 6 nitrogen and oxygen atoms in total. The fourth-order valence-electron chi connectivity index (χ4n) is 7.31. The molecule has 0 radical (unpaired) electrons. The van der Waals surface area contributed by atoms with Crippen LogP contribution in [0.2, 0.25) is 0 Å². The molecule has 252 valence electrons. The van der Waals surface area contributed by atoms with Crippen LogP contribution in [0, 0.1) is 0 Å². The van der Waals surface area contributed by atoms with Crippen LogP contribution in [0.3, 0.4) is 0 Å². The van der Waals surface area contributed by atoms with Gasteiger partial charge in [-0.3, -0.25) is 9.97 Å². The lowest BCUT2D eigenvalue weighted by atomic mass is 9.90. The van der Waals surface area contributed by atoms with E-state index < -0.39 is 0 Å².